The standard InChI is InChI=1S/C14H24N4O3S/c1-12-11-15-13(2)14(16-12)17-5-7-18(8-6-17)22(19,20)10-4-9-21-3/h11H,4-10H2,1-3H3. The van der Waals surface area contributed by atoms with Gasteiger partial charge in [-0.15, -0.1) is 0 Å². The van der Waals surface area contributed by atoms with Gasteiger partial charge >= 0.3 is 0 Å². The minimum absolute atomic E-state index is 0.143. The summed E-state index contributed by atoms with van der Waals surface area (Å²) in [6.45, 7) is 6.57. The number of rotatable bonds is 6. The summed E-state index contributed by atoms with van der Waals surface area (Å²) >= 11 is 0. The molecule has 1 aliphatic rings. The Labute approximate surface area is 132 Å². The average Bonchev–Trinajstić information content (AvgIpc) is 2.50. The lowest BCUT2D eigenvalue weighted by molar-refractivity contribution is 0.199. The van der Waals surface area contributed by atoms with Crippen molar-refractivity contribution in [1.29, 1.82) is 0 Å². The molecule has 8 heteroatoms. The predicted molar refractivity (Wildman–Crippen MR) is 85.6 cm³/mol. The summed E-state index contributed by atoms with van der Waals surface area (Å²) < 4.78 is 31.0. The highest BCUT2D eigenvalue weighted by Gasteiger charge is 2.27. The maximum absolute atomic E-state index is 12.2. The normalized spacial score (nSPS) is 17.0. The molecule has 0 aliphatic carbocycles. The Kier molecular flexibility index (Phi) is 5.71. The Morgan fingerprint density at radius 3 is 2.55 bits per heavy atom. The fourth-order valence-electron chi connectivity index (χ4n) is 2.52. The molecule has 22 heavy (non-hydrogen) atoms. The highest BCUT2D eigenvalue weighted by Crippen LogP contribution is 2.18. The Morgan fingerprint density at radius 1 is 1.23 bits per heavy atom. The lowest BCUT2D eigenvalue weighted by Gasteiger charge is -2.35. The molecule has 0 unspecified atom stereocenters. The molecule has 2 heterocycles. The molecule has 0 N–H and O–H groups in total. The molecule has 124 valence electrons. The highest BCUT2D eigenvalue weighted by atomic mass is 32.2. The quantitative estimate of drug-likeness (QED) is 0.711. The second-order valence-electron chi connectivity index (χ2n) is 5.47. The van der Waals surface area contributed by atoms with Crippen LogP contribution in [0.1, 0.15) is 17.8 Å². The lowest BCUT2D eigenvalue weighted by atomic mass is 10.3. The zero-order chi connectivity index (χ0) is 16.2. The Hall–Kier alpha value is -1.25. The number of ether oxygens (including phenoxy) is 1. The number of hydrogen-bond donors (Lipinski definition) is 0. The summed E-state index contributed by atoms with van der Waals surface area (Å²) in [4.78, 5) is 11.0. The minimum atomic E-state index is -3.19. The molecular formula is C14H24N4O3S. The molecule has 0 saturated carbocycles. The van der Waals surface area contributed by atoms with Crippen LogP contribution in [0.25, 0.3) is 0 Å². The molecular weight excluding hydrogens is 304 g/mol. The number of nitrogens with zero attached hydrogens (tertiary/aromatic N) is 4. The fraction of sp³-hybridized carbons (Fsp3) is 0.714. The van der Waals surface area contributed by atoms with Crippen LogP contribution < -0.4 is 4.90 Å². The van der Waals surface area contributed by atoms with E-state index in [-0.39, 0.29) is 5.75 Å². The number of methoxy groups -OCH3 is 1. The minimum Gasteiger partial charge on any atom is -0.385 e. The lowest BCUT2D eigenvalue weighted by Crippen LogP contribution is -2.49. The van der Waals surface area contributed by atoms with Gasteiger partial charge in [0.2, 0.25) is 10.0 Å². The third kappa shape index (κ3) is 4.15. The maximum atomic E-state index is 12.2. The van der Waals surface area contributed by atoms with Gasteiger partial charge in [-0.05, 0) is 20.3 Å². The van der Waals surface area contributed by atoms with Gasteiger partial charge in [0.1, 0.15) is 5.82 Å². The summed E-state index contributed by atoms with van der Waals surface area (Å²) in [5.41, 5.74) is 1.75. The van der Waals surface area contributed by atoms with Crippen LogP contribution in [-0.2, 0) is 14.8 Å². The van der Waals surface area contributed by atoms with Crippen LogP contribution in [0.5, 0.6) is 0 Å². The third-order valence-electron chi connectivity index (χ3n) is 3.73. The third-order valence-corrected chi connectivity index (χ3v) is 5.69. The summed E-state index contributed by atoms with van der Waals surface area (Å²) in [6, 6.07) is 0. The monoisotopic (exact) mass is 328 g/mol. The molecule has 1 saturated heterocycles. The zero-order valence-electron chi connectivity index (χ0n) is 13.4. The first-order valence-corrected chi connectivity index (χ1v) is 9.07. The summed E-state index contributed by atoms with van der Waals surface area (Å²) in [5.74, 6) is 1.00. The summed E-state index contributed by atoms with van der Waals surface area (Å²) in [5, 5.41) is 0. The van der Waals surface area contributed by atoms with Gasteiger partial charge in [-0.3, -0.25) is 4.98 Å². The van der Waals surface area contributed by atoms with E-state index in [1.54, 1.807) is 17.6 Å². The molecule has 0 radical (unpaired) electrons. The van der Waals surface area contributed by atoms with Gasteiger partial charge in [-0.2, -0.15) is 4.31 Å². The molecule has 2 rings (SSSR count). The van der Waals surface area contributed by atoms with E-state index in [0.29, 0.717) is 39.2 Å². The van der Waals surface area contributed by atoms with E-state index in [1.165, 1.54) is 0 Å². The van der Waals surface area contributed by atoms with E-state index in [2.05, 4.69) is 14.9 Å². The zero-order valence-corrected chi connectivity index (χ0v) is 14.3. The smallest absolute Gasteiger partial charge is 0.214 e. The van der Waals surface area contributed by atoms with Crippen LogP contribution in [0, 0.1) is 13.8 Å². The van der Waals surface area contributed by atoms with Crippen LogP contribution in [0.15, 0.2) is 6.20 Å². The van der Waals surface area contributed by atoms with Crippen molar-refractivity contribution in [2.75, 3.05) is 50.5 Å². The molecule has 0 bridgehead atoms. The number of piperazine rings is 1. The second-order valence-corrected chi connectivity index (χ2v) is 7.56. The van der Waals surface area contributed by atoms with Crippen LogP contribution in [0.4, 0.5) is 5.82 Å². The van der Waals surface area contributed by atoms with E-state index >= 15 is 0 Å². The fourth-order valence-corrected chi connectivity index (χ4v) is 3.98. The van der Waals surface area contributed by atoms with Crippen LogP contribution >= 0.6 is 0 Å². The Bertz CT molecular complexity index is 598. The first-order valence-electron chi connectivity index (χ1n) is 7.46. The average molecular weight is 328 g/mol. The van der Waals surface area contributed by atoms with Crippen molar-refractivity contribution in [3.05, 3.63) is 17.6 Å². The van der Waals surface area contributed by atoms with Gasteiger partial charge in [0.15, 0.2) is 0 Å². The van der Waals surface area contributed by atoms with Crippen molar-refractivity contribution in [2.45, 2.75) is 20.3 Å². The van der Waals surface area contributed by atoms with Gasteiger partial charge < -0.3 is 9.64 Å². The second kappa shape index (κ2) is 7.34. The van der Waals surface area contributed by atoms with Crippen molar-refractivity contribution < 1.29 is 13.2 Å². The van der Waals surface area contributed by atoms with Crippen molar-refractivity contribution in [3.63, 3.8) is 0 Å². The molecule has 1 aromatic rings. The van der Waals surface area contributed by atoms with Crippen molar-refractivity contribution in [1.82, 2.24) is 14.3 Å². The number of sulfonamides is 1. The van der Waals surface area contributed by atoms with E-state index < -0.39 is 10.0 Å². The molecule has 1 aromatic heterocycles. The number of hydrogen-bond acceptors (Lipinski definition) is 6. The van der Waals surface area contributed by atoms with Gasteiger partial charge in [-0.1, -0.05) is 0 Å². The SMILES string of the molecule is COCCCS(=O)(=O)N1CCN(c2nc(C)cnc2C)CC1. The first kappa shape index (κ1) is 17.1. The largest absolute Gasteiger partial charge is 0.385 e. The molecule has 1 aliphatic heterocycles. The van der Waals surface area contributed by atoms with E-state index in [4.69, 9.17) is 4.74 Å². The summed E-state index contributed by atoms with van der Waals surface area (Å²) in [6.07, 6.45) is 2.27. The van der Waals surface area contributed by atoms with Crippen LogP contribution in [0.3, 0.4) is 0 Å². The van der Waals surface area contributed by atoms with Crippen molar-refractivity contribution in [2.24, 2.45) is 0 Å². The molecule has 7 nitrogen and oxygen atoms in total. The molecule has 1 fully saturated rings. The van der Waals surface area contributed by atoms with Gasteiger partial charge in [0.25, 0.3) is 0 Å². The van der Waals surface area contributed by atoms with Gasteiger partial charge in [0.05, 0.1) is 17.1 Å². The molecule has 0 spiro atoms. The number of anilines is 1. The topological polar surface area (TPSA) is 75.6 Å². The highest BCUT2D eigenvalue weighted by molar-refractivity contribution is 7.89. The first-order chi connectivity index (χ1) is 10.4. The van der Waals surface area contributed by atoms with Crippen molar-refractivity contribution in [3.8, 4) is 0 Å². The van der Waals surface area contributed by atoms with Crippen molar-refractivity contribution >= 4 is 15.8 Å². The van der Waals surface area contributed by atoms with Crippen LogP contribution in [-0.4, -0.2) is 68.3 Å². The predicted octanol–water partition coefficient (Wildman–Crippen LogP) is 0.582. The van der Waals surface area contributed by atoms with E-state index in [0.717, 1.165) is 17.2 Å². The van der Waals surface area contributed by atoms with E-state index in [1.807, 2.05) is 13.8 Å². The molecule has 0 aromatic carbocycles. The van der Waals surface area contributed by atoms with E-state index in [9.17, 15) is 8.42 Å². The Balaban J connectivity index is 1.96. The molecule has 0 amide bonds. The number of aryl methyl sites for hydroxylation is 2. The van der Waals surface area contributed by atoms with Gasteiger partial charge in [-0.25, -0.2) is 13.4 Å². The van der Waals surface area contributed by atoms with Gasteiger partial charge in [0, 0.05) is 46.1 Å². The summed E-state index contributed by atoms with van der Waals surface area (Å²) in [7, 11) is -1.61. The number of aromatic nitrogens is 2. The maximum Gasteiger partial charge on any atom is 0.214 e. The van der Waals surface area contributed by atoms with Crippen LogP contribution in [0.2, 0.25) is 0 Å². The Morgan fingerprint density at radius 2 is 1.91 bits per heavy atom. The molecule has 0 atom stereocenters.